The predicted molar refractivity (Wildman–Crippen MR) is 73.7 cm³/mol. The molecular formula is C14H21NO7. The van der Waals surface area contributed by atoms with Crippen molar-refractivity contribution in [1.82, 2.24) is 4.90 Å². The fourth-order valence-corrected chi connectivity index (χ4v) is 2.23. The van der Waals surface area contributed by atoms with Crippen LogP contribution in [-0.4, -0.2) is 59.1 Å². The van der Waals surface area contributed by atoms with E-state index in [1.807, 2.05) is 0 Å². The molecule has 0 aromatic rings. The standard InChI is InChI=1S/C14H21NO7/c1-14(2,3)22-11(17)6-9(12(18)19)15-7-8(5-10(15)16)13(20)21-4/h8-9H,5-7H2,1-4H3,(H,18,19)/t8?,9-/m0/s1. The zero-order chi connectivity index (χ0) is 17.1. The van der Waals surface area contributed by atoms with E-state index in [0.29, 0.717) is 0 Å². The smallest absolute Gasteiger partial charge is 0.327 e. The first-order valence-electron chi connectivity index (χ1n) is 6.87. The van der Waals surface area contributed by atoms with E-state index in [0.717, 1.165) is 4.90 Å². The van der Waals surface area contributed by atoms with Gasteiger partial charge in [0.15, 0.2) is 0 Å². The van der Waals surface area contributed by atoms with E-state index in [1.54, 1.807) is 20.8 Å². The van der Waals surface area contributed by atoms with Crippen molar-refractivity contribution in [3.05, 3.63) is 0 Å². The quantitative estimate of drug-likeness (QED) is 0.721. The highest BCUT2D eigenvalue weighted by Gasteiger charge is 2.42. The summed E-state index contributed by atoms with van der Waals surface area (Å²) >= 11 is 0. The van der Waals surface area contributed by atoms with E-state index >= 15 is 0 Å². The van der Waals surface area contributed by atoms with Crippen molar-refractivity contribution in [2.24, 2.45) is 5.92 Å². The fourth-order valence-electron chi connectivity index (χ4n) is 2.23. The van der Waals surface area contributed by atoms with Gasteiger partial charge < -0.3 is 19.5 Å². The lowest BCUT2D eigenvalue weighted by Gasteiger charge is -2.26. The number of aliphatic carboxylic acids is 1. The van der Waals surface area contributed by atoms with Crippen molar-refractivity contribution in [1.29, 1.82) is 0 Å². The van der Waals surface area contributed by atoms with Crippen LogP contribution in [-0.2, 0) is 28.7 Å². The molecule has 0 bridgehead atoms. The number of carbonyl (C=O) groups is 4. The molecule has 0 spiro atoms. The van der Waals surface area contributed by atoms with Crippen LogP contribution in [0.1, 0.15) is 33.6 Å². The largest absolute Gasteiger partial charge is 0.480 e. The Morgan fingerprint density at radius 2 is 1.95 bits per heavy atom. The lowest BCUT2D eigenvalue weighted by Crippen LogP contribution is -2.44. The Balaban J connectivity index is 2.80. The topological polar surface area (TPSA) is 110 Å². The summed E-state index contributed by atoms with van der Waals surface area (Å²) in [6, 6.07) is -1.35. The number of esters is 2. The van der Waals surface area contributed by atoms with Crippen LogP contribution in [0.4, 0.5) is 0 Å². The van der Waals surface area contributed by atoms with Gasteiger partial charge in [-0.05, 0) is 20.8 Å². The number of likely N-dealkylation sites (tertiary alicyclic amines) is 1. The van der Waals surface area contributed by atoms with Crippen LogP contribution < -0.4 is 0 Å². The van der Waals surface area contributed by atoms with Gasteiger partial charge in [-0.2, -0.15) is 0 Å². The highest BCUT2D eigenvalue weighted by molar-refractivity contribution is 5.91. The van der Waals surface area contributed by atoms with Gasteiger partial charge in [-0.25, -0.2) is 4.79 Å². The minimum Gasteiger partial charge on any atom is -0.480 e. The SMILES string of the molecule is COC(=O)C1CC(=O)N([C@@H](CC(=O)OC(C)(C)C)C(=O)O)C1. The Hall–Kier alpha value is -2.12. The first-order valence-corrected chi connectivity index (χ1v) is 6.87. The second-order valence-electron chi connectivity index (χ2n) is 6.11. The van der Waals surface area contributed by atoms with E-state index in [-0.39, 0.29) is 13.0 Å². The highest BCUT2D eigenvalue weighted by atomic mass is 16.6. The second kappa shape index (κ2) is 6.76. The summed E-state index contributed by atoms with van der Waals surface area (Å²) in [4.78, 5) is 47.6. The minimum atomic E-state index is -1.35. The van der Waals surface area contributed by atoms with E-state index < -0.39 is 47.8 Å². The van der Waals surface area contributed by atoms with Gasteiger partial charge in [0.2, 0.25) is 5.91 Å². The molecule has 8 nitrogen and oxygen atoms in total. The van der Waals surface area contributed by atoms with Crippen LogP contribution in [0.3, 0.4) is 0 Å². The van der Waals surface area contributed by atoms with Crippen LogP contribution in [0.5, 0.6) is 0 Å². The summed E-state index contributed by atoms with van der Waals surface area (Å²) in [7, 11) is 1.20. The minimum absolute atomic E-state index is 0.0781. The van der Waals surface area contributed by atoms with Gasteiger partial charge >= 0.3 is 17.9 Å². The first kappa shape index (κ1) is 17.9. The molecule has 0 aromatic heterocycles. The third-order valence-electron chi connectivity index (χ3n) is 3.13. The molecule has 0 aliphatic carbocycles. The van der Waals surface area contributed by atoms with Gasteiger partial charge in [0.25, 0.3) is 0 Å². The highest BCUT2D eigenvalue weighted by Crippen LogP contribution is 2.23. The van der Waals surface area contributed by atoms with Crippen molar-refractivity contribution in [3.8, 4) is 0 Å². The summed E-state index contributed by atoms with van der Waals surface area (Å²) in [6.07, 6.45) is -0.586. The average molecular weight is 315 g/mol. The number of hydrogen-bond acceptors (Lipinski definition) is 6. The Labute approximate surface area is 128 Å². The molecule has 1 rings (SSSR count). The summed E-state index contributed by atoms with van der Waals surface area (Å²) in [6.45, 7) is 4.91. The average Bonchev–Trinajstić information content (AvgIpc) is 2.74. The molecule has 22 heavy (non-hydrogen) atoms. The van der Waals surface area contributed by atoms with Crippen molar-refractivity contribution < 1.29 is 33.8 Å². The molecule has 1 aliphatic heterocycles. The molecule has 0 radical (unpaired) electrons. The molecule has 8 heteroatoms. The van der Waals surface area contributed by atoms with Crippen molar-refractivity contribution >= 4 is 23.8 Å². The maximum Gasteiger partial charge on any atom is 0.327 e. The zero-order valence-corrected chi connectivity index (χ0v) is 13.1. The normalized spacial score (nSPS) is 19.7. The Kier molecular flexibility index (Phi) is 5.51. The molecule has 124 valence electrons. The molecular weight excluding hydrogens is 294 g/mol. The van der Waals surface area contributed by atoms with Crippen LogP contribution in [0.15, 0.2) is 0 Å². The number of carboxylic acids is 1. The second-order valence-corrected chi connectivity index (χ2v) is 6.11. The summed E-state index contributed by atoms with van der Waals surface area (Å²) in [5, 5.41) is 9.26. The van der Waals surface area contributed by atoms with E-state index in [2.05, 4.69) is 4.74 Å². The number of carbonyl (C=O) groups excluding carboxylic acids is 3. The Morgan fingerprint density at radius 3 is 2.41 bits per heavy atom. The van der Waals surface area contributed by atoms with Crippen molar-refractivity contribution in [3.63, 3.8) is 0 Å². The maximum absolute atomic E-state index is 11.9. The lowest BCUT2D eigenvalue weighted by atomic mass is 10.1. The number of nitrogens with zero attached hydrogens (tertiary/aromatic N) is 1. The molecule has 1 heterocycles. The third kappa shape index (κ3) is 4.71. The molecule has 1 unspecified atom stereocenters. The molecule has 2 atom stereocenters. The zero-order valence-electron chi connectivity index (χ0n) is 13.1. The van der Waals surface area contributed by atoms with Gasteiger partial charge in [0, 0.05) is 13.0 Å². The van der Waals surface area contributed by atoms with Crippen LogP contribution in [0, 0.1) is 5.92 Å². The molecule has 0 saturated carbocycles. The molecule has 1 amide bonds. The summed E-state index contributed by atoms with van der Waals surface area (Å²) < 4.78 is 9.64. The molecule has 0 aromatic carbocycles. The van der Waals surface area contributed by atoms with Crippen LogP contribution in [0.25, 0.3) is 0 Å². The molecule has 1 saturated heterocycles. The van der Waals surface area contributed by atoms with E-state index in [4.69, 9.17) is 4.74 Å². The van der Waals surface area contributed by atoms with Gasteiger partial charge in [-0.3, -0.25) is 14.4 Å². The summed E-state index contributed by atoms with van der Waals surface area (Å²) in [5.74, 6) is -3.81. The number of amides is 1. The maximum atomic E-state index is 11.9. The fraction of sp³-hybridized carbons (Fsp3) is 0.714. The Bertz CT molecular complexity index is 480. The molecule has 1 fully saturated rings. The van der Waals surface area contributed by atoms with Crippen molar-refractivity contribution in [2.75, 3.05) is 13.7 Å². The first-order chi connectivity index (χ1) is 10.0. The van der Waals surface area contributed by atoms with Crippen LogP contribution in [0.2, 0.25) is 0 Å². The number of hydrogen-bond donors (Lipinski definition) is 1. The number of methoxy groups -OCH3 is 1. The van der Waals surface area contributed by atoms with Gasteiger partial charge in [0.05, 0.1) is 19.4 Å². The van der Waals surface area contributed by atoms with Gasteiger partial charge in [0.1, 0.15) is 11.6 Å². The number of carboxylic acid groups (broad SMARTS) is 1. The van der Waals surface area contributed by atoms with Crippen LogP contribution >= 0.6 is 0 Å². The number of ether oxygens (including phenoxy) is 2. The Morgan fingerprint density at radius 1 is 1.36 bits per heavy atom. The monoisotopic (exact) mass is 315 g/mol. The molecule has 1 aliphatic rings. The van der Waals surface area contributed by atoms with E-state index in [1.165, 1.54) is 7.11 Å². The van der Waals surface area contributed by atoms with Gasteiger partial charge in [-0.1, -0.05) is 0 Å². The predicted octanol–water partition coefficient (Wildman–Crippen LogP) is 0.193. The van der Waals surface area contributed by atoms with Crippen molar-refractivity contribution in [2.45, 2.75) is 45.3 Å². The van der Waals surface area contributed by atoms with Gasteiger partial charge in [-0.15, -0.1) is 0 Å². The van der Waals surface area contributed by atoms with E-state index in [9.17, 15) is 24.3 Å². The molecule has 1 N–H and O–H groups in total. The third-order valence-corrected chi connectivity index (χ3v) is 3.13. The summed E-state index contributed by atoms with van der Waals surface area (Å²) in [5.41, 5.74) is -0.746. The number of rotatable bonds is 5. The lowest BCUT2D eigenvalue weighted by molar-refractivity contribution is -0.161.